The summed E-state index contributed by atoms with van der Waals surface area (Å²) in [5.41, 5.74) is 1.28. The van der Waals surface area contributed by atoms with E-state index in [9.17, 15) is 8.78 Å². The van der Waals surface area contributed by atoms with Crippen LogP contribution in [0.2, 0.25) is 0 Å². The molecule has 0 aliphatic carbocycles. The van der Waals surface area contributed by atoms with Gasteiger partial charge in [-0.1, -0.05) is 17.7 Å². The molecule has 1 aromatic rings. The molecule has 1 fully saturated rings. The summed E-state index contributed by atoms with van der Waals surface area (Å²) in [7, 11) is 1.71. The van der Waals surface area contributed by atoms with E-state index in [0.717, 1.165) is 18.4 Å². The van der Waals surface area contributed by atoms with Crippen molar-refractivity contribution >= 4 is 29.9 Å². The number of aryl methyl sites for hydroxylation is 1. The molecule has 0 spiro atoms. The predicted octanol–water partition coefficient (Wildman–Crippen LogP) is 3.47. The molecule has 0 aromatic heterocycles. The molecule has 9 heteroatoms. The molecule has 0 amide bonds. The second-order valence-corrected chi connectivity index (χ2v) is 6.54. The largest absolute Gasteiger partial charge is 0.434 e. The van der Waals surface area contributed by atoms with Gasteiger partial charge in [0.2, 0.25) is 0 Å². The van der Waals surface area contributed by atoms with Crippen LogP contribution in [0, 0.1) is 6.92 Å². The summed E-state index contributed by atoms with van der Waals surface area (Å²) in [6.07, 6.45) is 1.61. The third-order valence-corrected chi connectivity index (χ3v) is 4.60. The Labute approximate surface area is 182 Å². The van der Waals surface area contributed by atoms with Crippen LogP contribution >= 0.6 is 24.0 Å². The number of hydrogen-bond acceptors (Lipinski definition) is 4. The standard InChI is InChI=1S/C19H29F2N3O3.HI/c1-4-22-18(24-13-19(25-3)7-9-26-10-8-19)23-12-15-11-14(2)5-6-16(15)27-17(20)21;/h5-6,11,17H,4,7-10,12-13H2,1-3H3,(H2,22,23,24);1H. The molecule has 2 rings (SSSR count). The fourth-order valence-electron chi connectivity index (χ4n) is 2.99. The molecule has 1 aliphatic heterocycles. The highest BCUT2D eigenvalue weighted by Gasteiger charge is 2.32. The number of aliphatic imine (C=N–C) groups is 1. The van der Waals surface area contributed by atoms with Crippen LogP contribution in [0.25, 0.3) is 0 Å². The van der Waals surface area contributed by atoms with Crippen molar-refractivity contribution in [3.8, 4) is 5.75 Å². The SMILES string of the molecule is CCNC(=NCc1cc(C)ccc1OC(F)F)NCC1(OC)CCOCC1.I. The molecule has 1 aliphatic rings. The summed E-state index contributed by atoms with van der Waals surface area (Å²) in [4.78, 5) is 4.53. The third kappa shape index (κ3) is 7.67. The molecule has 0 radical (unpaired) electrons. The molecule has 28 heavy (non-hydrogen) atoms. The van der Waals surface area contributed by atoms with E-state index in [1.807, 2.05) is 13.8 Å². The lowest BCUT2D eigenvalue weighted by atomic mass is 9.94. The number of rotatable bonds is 8. The molecule has 1 aromatic carbocycles. The lowest BCUT2D eigenvalue weighted by molar-refractivity contribution is -0.0855. The van der Waals surface area contributed by atoms with Gasteiger partial charge in [0.25, 0.3) is 0 Å². The molecule has 1 saturated heterocycles. The molecule has 0 saturated carbocycles. The number of methoxy groups -OCH3 is 1. The molecule has 0 bridgehead atoms. The van der Waals surface area contributed by atoms with E-state index in [0.29, 0.717) is 37.8 Å². The predicted molar refractivity (Wildman–Crippen MR) is 116 cm³/mol. The Balaban J connectivity index is 0.00000392. The van der Waals surface area contributed by atoms with Gasteiger partial charge in [0.05, 0.1) is 12.1 Å². The number of halogens is 3. The molecule has 6 nitrogen and oxygen atoms in total. The molecular formula is C19H30F2IN3O3. The zero-order valence-electron chi connectivity index (χ0n) is 16.6. The fourth-order valence-corrected chi connectivity index (χ4v) is 2.99. The van der Waals surface area contributed by atoms with E-state index in [2.05, 4.69) is 20.4 Å². The van der Waals surface area contributed by atoms with Crippen molar-refractivity contribution in [2.24, 2.45) is 4.99 Å². The third-order valence-electron chi connectivity index (χ3n) is 4.60. The van der Waals surface area contributed by atoms with Crippen LogP contribution in [0.1, 0.15) is 30.9 Å². The second kappa shape index (κ2) is 12.4. The van der Waals surface area contributed by atoms with Crippen molar-refractivity contribution in [1.82, 2.24) is 10.6 Å². The average molecular weight is 513 g/mol. The van der Waals surface area contributed by atoms with E-state index in [4.69, 9.17) is 9.47 Å². The van der Waals surface area contributed by atoms with Crippen molar-refractivity contribution in [2.45, 2.75) is 45.4 Å². The van der Waals surface area contributed by atoms with Crippen LogP contribution in [-0.4, -0.2) is 51.6 Å². The molecular weight excluding hydrogens is 483 g/mol. The first-order valence-electron chi connectivity index (χ1n) is 9.17. The quantitative estimate of drug-likeness (QED) is 0.317. The molecule has 160 valence electrons. The number of ether oxygens (including phenoxy) is 3. The van der Waals surface area contributed by atoms with Gasteiger partial charge in [0, 0.05) is 51.8 Å². The van der Waals surface area contributed by atoms with Gasteiger partial charge in [0.1, 0.15) is 5.75 Å². The van der Waals surface area contributed by atoms with E-state index in [1.165, 1.54) is 0 Å². The fraction of sp³-hybridized carbons (Fsp3) is 0.632. The highest BCUT2D eigenvalue weighted by molar-refractivity contribution is 14.0. The Morgan fingerprint density at radius 3 is 2.61 bits per heavy atom. The van der Waals surface area contributed by atoms with Crippen molar-refractivity contribution in [3.63, 3.8) is 0 Å². The van der Waals surface area contributed by atoms with Crippen molar-refractivity contribution < 1.29 is 23.0 Å². The Morgan fingerprint density at radius 2 is 2.00 bits per heavy atom. The number of nitrogens with one attached hydrogen (secondary N) is 2. The van der Waals surface area contributed by atoms with Crippen LogP contribution in [0.3, 0.4) is 0 Å². The Kier molecular flexibility index (Phi) is 11.0. The Hall–Kier alpha value is -1.20. The lowest BCUT2D eigenvalue weighted by Gasteiger charge is -2.36. The summed E-state index contributed by atoms with van der Waals surface area (Å²) < 4.78 is 41.0. The van der Waals surface area contributed by atoms with Crippen molar-refractivity contribution in [3.05, 3.63) is 29.3 Å². The van der Waals surface area contributed by atoms with Gasteiger partial charge < -0.3 is 24.8 Å². The first-order chi connectivity index (χ1) is 13.0. The van der Waals surface area contributed by atoms with Gasteiger partial charge in [-0.3, -0.25) is 0 Å². The maximum absolute atomic E-state index is 12.6. The monoisotopic (exact) mass is 513 g/mol. The Morgan fingerprint density at radius 1 is 1.29 bits per heavy atom. The van der Waals surface area contributed by atoms with Gasteiger partial charge >= 0.3 is 6.61 Å². The van der Waals surface area contributed by atoms with Gasteiger partial charge in [0.15, 0.2) is 5.96 Å². The molecule has 0 atom stereocenters. The summed E-state index contributed by atoms with van der Waals surface area (Å²) in [6.45, 7) is 3.84. The zero-order valence-corrected chi connectivity index (χ0v) is 18.9. The zero-order chi connectivity index (χ0) is 19.7. The number of benzene rings is 1. The summed E-state index contributed by atoms with van der Waals surface area (Å²) in [5.74, 6) is 0.748. The van der Waals surface area contributed by atoms with E-state index < -0.39 is 6.61 Å². The molecule has 2 N–H and O–H groups in total. The normalized spacial score (nSPS) is 16.4. The van der Waals surface area contributed by atoms with E-state index >= 15 is 0 Å². The first-order valence-corrected chi connectivity index (χ1v) is 9.17. The van der Waals surface area contributed by atoms with Gasteiger partial charge in [-0.2, -0.15) is 8.78 Å². The van der Waals surface area contributed by atoms with Gasteiger partial charge in [-0.05, 0) is 19.9 Å². The maximum atomic E-state index is 12.6. The van der Waals surface area contributed by atoms with Crippen LogP contribution in [0.5, 0.6) is 5.75 Å². The van der Waals surface area contributed by atoms with E-state index in [-0.39, 0.29) is 41.9 Å². The van der Waals surface area contributed by atoms with E-state index in [1.54, 1.807) is 25.3 Å². The van der Waals surface area contributed by atoms with Crippen LogP contribution < -0.4 is 15.4 Å². The van der Waals surface area contributed by atoms with Gasteiger partial charge in [-0.15, -0.1) is 24.0 Å². The smallest absolute Gasteiger partial charge is 0.387 e. The molecule has 0 unspecified atom stereocenters. The minimum absolute atomic E-state index is 0. The number of alkyl halides is 2. The number of hydrogen-bond donors (Lipinski definition) is 2. The summed E-state index contributed by atoms with van der Waals surface area (Å²) in [5, 5.41) is 6.47. The Bertz CT molecular complexity index is 626. The number of guanidine groups is 1. The number of nitrogens with zero attached hydrogens (tertiary/aromatic N) is 1. The summed E-state index contributed by atoms with van der Waals surface area (Å²) in [6, 6.07) is 5.09. The topological polar surface area (TPSA) is 64.1 Å². The lowest BCUT2D eigenvalue weighted by Crippen LogP contribution is -2.50. The minimum Gasteiger partial charge on any atom is -0.434 e. The van der Waals surface area contributed by atoms with Crippen LogP contribution in [0.15, 0.2) is 23.2 Å². The summed E-state index contributed by atoms with van der Waals surface area (Å²) >= 11 is 0. The molecule has 1 heterocycles. The maximum Gasteiger partial charge on any atom is 0.387 e. The first kappa shape index (κ1) is 24.8. The second-order valence-electron chi connectivity index (χ2n) is 6.54. The van der Waals surface area contributed by atoms with Crippen LogP contribution in [0.4, 0.5) is 8.78 Å². The highest BCUT2D eigenvalue weighted by Crippen LogP contribution is 2.24. The average Bonchev–Trinajstić information content (AvgIpc) is 2.66. The minimum atomic E-state index is -2.86. The van der Waals surface area contributed by atoms with Gasteiger partial charge in [-0.25, -0.2) is 4.99 Å². The van der Waals surface area contributed by atoms with Crippen LogP contribution in [-0.2, 0) is 16.0 Å². The van der Waals surface area contributed by atoms with Crippen molar-refractivity contribution in [2.75, 3.05) is 33.4 Å². The highest BCUT2D eigenvalue weighted by atomic mass is 127. The van der Waals surface area contributed by atoms with Crippen molar-refractivity contribution in [1.29, 1.82) is 0 Å².